The smallest absolute Gasteiger partial charge is 0.121 e. The molecule has 1 atom stereocenters. The molecular formula is C6H10ClN3S. The molecule has 1 aliphatic rings. The second-order valence-electron chi connectivity index (χ2n) is 2.47. The highest BCUT2D eigenvalue weighted by molar-refractivity contribution is 7.09. The molecule has 1 aliphatic heterocycles. The Morgan fingerprint density at radius 1 is 1.64 bits per heavy atom. The first-order valence-corrected chi connectivity index (χ1v) is 4.31. The number of halogens is 1. The Bertz CT molecular complexity index is 196. The molecule has 62 valence electrons. The van der Waals surface area contributed by atoms with Crippen LogP contribution in [0.15, 0.2) is 5.51 Å². The van der Waals surface area contributed by atoms with Crippen molar-refractivity contribution in [2.75, 3.05) is 13.1 Å². The van der Waals surface area contributed by atoms with E-state index in [-0.39, 0.29) is 12.4 Å². The largest absolute Gasteiger partial charge is 0.316 e. The molecule has 2 heterocycles. The molecule has 1 unspecified atom stereocenters. The Hall–Kier alpha value is -0.190. The minimum absolute atomic E-state index is 0. The van der Waals surface area contributed by atoms with Crippen LogP contribution < -0.4 is 5.32 Å². The van der Waals surface area contributed by atoms with Crippen molar-refractivity contribution in [1.82, 2.24) is 15.5 Å². The van der Waals surface area contributed by atoms with Crippen LogP contribution in [0.1, 0.15) is 17.3 Å². The first-order valence-electron chi connectivity index (χ1n) is 3.43. The van der Waals surface area contributed by atoms with Crippen molar-refractivity contribution >= 4 is 23.7 Å². The maximum absolute atomic E-state index is 4.03. The van der Waals surface area contributed by atoms with Crippen molar-refractivity contribution in [2.45, 2.75) is 12.3 Å². The summed E-state index contributed by atoms with van der Waals surface area (Å²) >= 11 is 1.66. The van der Waals surface area contributed by atoms with Gasteiger partial charge in [0.05, 0.1) is 0 Å². The van der Waals surface area contributed by atoms with Crippen molar-refractivity contribution in [2.24, 2.45) is 0 Å². The molecule has 1 fully saturated rings. The second-order valence-corrected chi connectivity index (χ2v) is 3.33. The van der Waals surface area contributed by atoms with Crippen molar-refractivity contribution in [3.63, 3.8) is 0 Å². The normalized spacial score (nSPS) is 23.1. The summed E-state index contributed by atoms with van der Waals surface area (Å²) in [4.78, 5) is 0. The fraction of sp³-hybridized carbons (Fsp3) is 0.667. The van der Waals surface area contributed by atoms with Gasteiger partial charge >= 0.3 is 0 Å². The minimum atomic E-state index is 0. The molecular weight excluding hydrogens is 182 g/mol. The lowest BCUT2D eigenvalue weighted by Gasteiger charge is -1.99. The topological polar surface area (TPSA) is 37.8 Å². The molecule has 2 rings (SSSR count). The van der Waals surface area contributed by atoms with Gasteiger partial charge in [0, 0.05) is 12.5 Å². The van der Waals surface area contributed by atoms with Crippen LogP contribution in [0.4, 0.5) is 0 Å². The Kier molecular flexibility index (Phi) is 3.23. The average molecular weight is 192 g/mol. The van der Waals surface area contributed by atoms with Crippen molar-refractivity contribution in [1.29, 1.82) is 0 Å². The van der Waals surface area contributed by atoms with Crippen LogP contribution in [0.5, 0.6) is 0 Å². The standard InChI is InChI=1S/C6H9N3S.ClH/c1-2-7-3-5(1)6-9-8-4-10-6;/h4-5,7H,1-3H2;1H. The van der Waals surface area contributed by atoms with Crippen molar-refractivity contribution in [3.05, 3.63) is 10.5 Å². The van der Waals surface area contributed by atoms with Gasteiger partial charge in [0.2, 0.25) is 0 Å². The molecule has 11 heavy (non-hydrogen) atoms. The van der Waals surface area contributed by atoms with Gasteiger partial charge in [0.25, 0.3) is 0 Å². The number of aromatic nitrogens is 2. The van der Waals surface area contributed by atoms with E-state index in [1.165, 1.54) is 11.4 Å². The van der Waals surface area contributed by atoms with Crippen LogP contribution in [0, 0.1) is 0 Å². The molecule has 0 spiro atoms. The predicted octanol–water partition coefficient (Wildman–Crippen LogP) is 1.04. The SMILES string of the molecule is Cl.c1nnc(C2CCNC2)s1. The average Bonchev–Trinajstić information content (AvgIpc) is 2.59. The summed E-state index contributed by atoms with van der Waals surface area (Å²) in [5.74, 6) is 0.632. The van der Waals surface area contributed by atoms with Gasteiger partial charge in [-0.1, -0.05) is 0 Å². The molecule has 1 saturated heterocycles. The zero-order chi connectivity index (χ0) is 6.81. The van der Waals surface area contributed by atoms with Gasteiger partial charge in [-0.15, -0.1) is 33.9 Å². The van der Waals surface area contributed by atoms with Crippen molar-refractivity contribution in [3.8, 4) is 0 Å². The lowest BCUT2D eigenvalue weighted by molar-refractivity contribution is 0.741. The third-order valence-corrected chi connectivity index (χ3v) is 2.64. The van der Waals surface area contributed by atoms with E-state index < -0.39 is 0 Å². The number of nitrogens with one attached hydrogen (secondary N) is 1. The number of hydrogen-bond acceptors (Lipinski definition) is 4. The van der Waals surface area contributed by atoms with E-state index in [4.69, 9.17) is 0 Å². The quantitative estimate of drug-likeness (QED) is 0.721. The summed E-state index contributed by atoms with van der Waals surface area (Å²) in [7, 11) is 0. The summed E-state index contributed by atoms with van der Waals surface area (Å²) in [5.41, 5.74) is 1.80. The summed E-state index contributed by atoms with van der Waals surface area (Å²) < 4.78 is 0. The fourth-order valence-electron chi connectivity index (χ4n) is 1.22. The van der Waals surface area contributed by atoms with Crippen LogP contribution in [-0.4, -0.2) is 23.3 Å². The highest BCUT2D eigenvalue weighted by Gasteiger charge is 2.18. The number of rotatable bonds is 1. The van der Waals surface area contributed by atoms with Crippen LogP contribution in [0.2, 0.25) is 0 Å². The number of nitrogens with zero attached hydrogens (tertiary/aromatic N) is 2. The lowest BCUT2D eigenvalue weighted by atomic mass is 10.1. The van der Waals surface area contributed by atoms with Crippen LogP contribution >= 0.6 is 23.7 Å². The highest BCUT2D eigenvalue weighted by Crippen LogP contribution is 2.22. The van der Waals surface area contributed by atoms with E-state index >= 15 is 0 Å². The molecule has 0 amide bonds. The number of hydrogen-bond donors (Lipinski definition) is 1. The molecule has 0 aliphatic carbocycles. The van der Waals surface area contributed by atoms with E-state index in [1.54, 1.807) is 16.8 Å². The van der Waals surface area contributed by atoms with Gasteiger partial charge in [-0.05, 0) is 13.0 Å². The molecule has 1 aromatic rings. The van der Waals surface area contributed by atoms with Crippen molar-refractivity contribution < 1.29 is 0 Å². The van der Waals surface area contributed by atoms with Gasteiger partial charge in [0.1, 0.15) is 10.5 Å². The van der Waals surface area contributed by atoms with Gasteiger partial charge in [-0.2, -0.15) is 0 Å². The molecule has 0 saturated carbocycles. The van der Waals surface area contributed by atoms with E-state index in [9.17, 15) is 0 Å². The Morgan fingerprint density at radius 2 is 2.55 bits per heavy atom. The molecule has 0 aromatic carbocycles. The zero-order valence-corrected chi connectivity index (χ0v) is 7.62. The summed E-state index contributed by atoms with van der Waals surface area (Å²) in [6.07, 6.45) is 1.22. The van der Waals surface area contributed by atoms with Gasteiger partial charge < -0.3 is 5.32 Å². The van der Waals surface area contributed by atoms with E-state index in [0.29, 0.717) is 5.92 Å². The first kappa shape index (κ1) is 8.90. The Morgan fingerprint density at radius 3 is 3.09 bits per heavy atom. The lowest BCUT2D eigenvalue weighted by Crippen LogP contribution is -2.07. The Labute approximate surface area is 75.6 Å². The molecule has 3 nitrogen and oxygen atoms in total. The van der Waals surface area contributed by atoms with E-state index in [0.717, 1.165) is 13.1 Å². The summed E-state index contributed by atoms with van der Waals surface area (Å²) in [6, 6.07) is 0. The molecule has 5 heteroatoms. The monoisotopic (exact) mass is 191 g/mol. The van der Waals surface area contributed by atoms with Crippen LogP contribution in [0.3, 0.4) is 0 Å². The minimum Gasteiger partial charge on any atom is -0.316 e. The predicted molar refractivity (Wildman–Crippen MR) is 47.4 cm³/mol. The van der Waals surface area contributed by atoms with E-state index in [1.807, 2.05) is 0 Å². The highest BCUT2D eigenvalue weighted by atomic mass is 35.5. The van der Waals surface area contributed by atoms with Gasteiger partial charge in [0.15, 0.2) is 0 Å². The fourth-order valence-corrected chi connectivity index (χ4v) is 1.92. The molecule has 1 N–H and O–H groups in total. The van der Waals surface area contributed by atoms with Crippen LogP contribution in [0.25, 0.3) is 0 Å². The molecule has 0 bridgehead atoms. The zero-order valence-electron chi connectivity index (χ0n) is 5.99. The maximum atomic E-state index is 4.03. The van der Waals surface area contributed by atoms with Crippen LogP contribution in [-0.2, 0) is 0 Å². The Balaban J connectivity index is 0.000000605. The summed E-state index contributed by atoms with van der Waals surface area (Å²) in [5, 5.41) is 12.3. The third kappa shape index (κ3) is 1.89. The van der Waals surface area contributed by atoms with E-state index in [2.05, 4.69) is 15.5 Å². The maximum Gasteiger partial charge on any atom is 0.121 e. The second kappa shape index (κ2) is 3.99. The molecule has 1 aromatic heterocycles. The molecule has 0 radical (unpaired) electrons. The van der Waals surface area contributed by atoms with Gasteiger partial charge in [-0.3, -0.25) is 0 Å². The van der Waals surface area contributed by atoms with Gasteiger partial charge in [-0.25, -0.2) is 0 Å². The summed E-state index contributed by atoms with van der Waals surface area (Å²) in [6.45, 7) is 2.21. The third-order valence-electron chi connectivity index (χ3n) is 1.79. The first-order chi connectivity index (χ1) is 4.97.